The first-order valence-corrected chi connectivity index (χ1v) is 5.27. The average Bonchev–Trinajstić information content (AvgIpc) is 2.38. The summed E-state index contributed by atoms with van der Waals surface area (Å²) in [5, 5.41) is 11.0. The number of nitrogens with one attached hydrogen (secondary N) is 1. The summed E-state index contributed by atoms with van der Waals surface area (Å²) >= 11 is 0. The zero-order valence-electron chi connectivity index (χ0n) is 9.72. The van der Waals surface area contributed by atoms with Crippen molar-refractivity contribution in [1.29, 1.82) is 5.26 Å². The zero-order valence-corrected chi connectivity index (χ0v) is 9.72. The van der Waals surface area contributed by atoms with Crippen LogP contribution in [0.1, 0.15) is 6.42 Å². The number of ether oxygens (including phenoxy) is 1. The maximum Gasteiger partial charge on any atom is 0.242 e. The molecule has 5 heteroatoms. The zero-order chi connectivity index (χ0) is 13.4. The van der Waals surface area contributed by atoms with Gasteiger partial charge in [-0.3, -0.25) is 4.79 Å². The van der Waals surface area contributed by atoms with Crippen LogP contribution in [0.15, 0.2) is 24.3 Å². The van der Waals surface area contributed by atoms with E-state index in [0.717, 1.165) is 0 Å². The molecule has 0 heterocycles. The summed E-state index contributed by atoms with van der Waals surface area (Å²) < 4.78 is 5.08. The summed E-state index contributed by atoms with van der Waals surface area (Å²) in [6, 6.07) is 7.77. The molecule has 1 atom stereocenters. The van der Waals surface area contributed by atoms with E-state index in [1.54, 1.807) is 24.3 Å². The fraction of sp³-hybridized carbons (Fsp3) is 0.231. The molecule has 0 saturated carbocycles. The summed E-state index contributed by atoms with van der Waals surface area (Å²) in [4.78, 5) is 11.6. The van der Waals surface area contributed by atoms with Crippen molar-refractivity contribution in [1.82, 2.24) is 0 Å². The molecule has 0 bridgehead atoms. The summed E-state index contributed by atoms with van der Waals surface area (Å²) in [5.41, 5.74) is 6.15. The molecule has 1 aromatic carbocycles. The Morgan fingerprint density at radius 3 is 2.72 bits per heavy atom. The number of carbonyl (C=O) groups is 1. The third kappa shape index (κ3) is 4.17. The van der Waals surface area contributed by atoms with Crippen LogP contribution in [0, 0.1) is 23.7 Å². The smallest absolute Gasteiger partial charge is 0.242 e. The molecule has 0 spiro atoms. The van der Waals surface area contributed by atoms with Crippen LogP contribution in [-0.2, 0) is 4.79 Å². The van der Waals surface area contributed by atoms with E-state index in [1.807, 2.05) is 6.07 Å². The van der Waals surface area contributed by atoms with E-state index in [-0.39, 0.29) is 18.9 Å². The van der Waals surface area contributed by atoms with Crippen molar-refractivity contribution in [2.75, 3.05) is 11.9 Å². The second kappa shape index (κ2) is 6.95. The molecule has 0 aromatic heterocycles. The van der Waals surface area contributed by atoms with Gasteiger partial charge in [0, 0.05) is 12.1 Å². The average molecular weight is 243 g/mol. The summed E-state index contributed by atoms with van der Waals surface area (Å²) in [6.45, 7) is -0.0151. The molecule has 5 nitrogen and oxygen atoms in total. The number of terminal acetylenes is 1. The molecule has 0 aliphatic heterocycles. The molecule has 1 aromatic rings. The molecule has 1 unspecified atom stereocenters. The molecule has 0 aliphatic carbocycles. The maximum atomic E-state index is 11.6. The molecule has 18 heavy (non-hydrogen) atoms. The predicted molar refractivity (Wildman–Crippen MR) is 67.6 cm³/mol. The van der Waals surface area contributed by atoms with Gasteiger partial charge in [0.15, 0.2) is 6.61 Å². The fourth-order valence-electron chi connectivity index (χ4n) is 1.20. The van der Waals surface area contributed by atoms with E-state index in [1.165, 1.54) is 0 Å². The number of anilines is 1. The van der Waals surface area contributed by atoms with Crippen molar-refractivity contribution in [3.05, 3.63) is 24.3 Å². The van der Waals surface area contributed by atoms with E-state index in [2.05, 4.69) is 11.2 Å². The number of carbonyl (C=O) groups excluding carboxylic acids is 1. The van der Waals surface area contributed by atoms with Crippen molar-refractivity contribution >= 4 is 11.6 Å². The molecule has 0 fully saturated rings. The number of benzene rings is 1. The molecular weight excluding hydrogens is 230 g/mol. The van der Waals surface area contributed by atoms with Gasteiger partial charge in [-0.2, -0.15) is 5.26 Å². The van der Waals surface area contributed by atoms with Gasteiger partial charge >= 0.3 is 0 Å². The van der Waals surface area contributed by atoms with Crippen LogP contribution in [0.2, 0.25) is 0 Å². The SMILES string of the molecule is C#CCC(N)C(=O)Nc1ccc(OCC#N)cc1. The second-order valence-corrected chi connectivity index (χ2v) is 3.48. The summed E-state index contributed by atoms with van der Waals surface area (Å²) in [6.07, 6.45) is 5.26. The summed E-state index contributed by atoms with van der Waals surface area (Å²) in [5.74, 6) is 2.55. The Morgan fingerprint density at radius 2 is 2.17 bits per heavy atom. The van der Waals surface area contributed by atoms with E-state index >= 15 is 0 Å². The van der Waals surface area contributed by atoms with Gasteiger partial charge < -0.3 is 15.8 Å². The van der Waals surface area contributed by atoms with Gasteiger partial charge in [-0.15, -0.1) is 12.3 Å². The summed E-state index contributed by atoms with van der Waals surface area (Å²) in [7, 11) is 0. The highest BCUT2D eigenvalue weighted by Crippen LogP contribution is 2.15. The van der Waals surface area contributed by atoms with E-state index < -0.39 is 6.04 Å². The van der Waals surface area contributed by atoms with Gasteiger partial charge in [-0.25, -0.2) is 0 Å². The molecule has 0 aliphatic rings. The van der Waals surface area contributed by atoms with Crippen LogP contribution in [0.5, 0.6) is 5.75 Å². The van der Waals surface area contributed by atoms with Crippen LogP contribution in [0.4, 0.5) is 5.69 Å². The van der Waals surface area contributed by atoms with E-state index in [9.17, 15) is 4.79 Å². The molecule has 1 amide bonds. The molecule has 1 rings (SSSR count). The van der Waals surface area contributed by atoms with Crippen LogP contribution in [0.25, 0.3) is 0 Å². The maximum absolute atomic E-state index is 11.6. The number of nitrogens with zero attached hydrogens (tertiary/aromatic N) is 1. The number of rotatable bonds is 5. The molecule has 3 N–H and O–H groups in total. The molecular formula is C13H13N3O2. The topological polar surface area (TPSA) is 88.1 Å². The molecule has 92 valence electrons. The molecule has 0 radical (unpaired) electrons. The lowest BCUT2D eigenvalue weighted by molar-refractivity contribution is -0.117. The van der Waals surface area contributed by atoms with Gasteiger partial charge in [-0.05, 0) is 24.3 Å². The Hall–Kier alpha value is -2.50. The van der Waals surface area contributed by atoms with Crippen molar-refractivity contribution in [3.8, 4) is 24.2 Å². The number of nitrogens with two attached hydrogens (primary N) is 1. The lowest BCUT2D eigenvalue weighted by Gasteiger charge is -2.10. The largest absolute Gasteiger partial charge is 0.479 e. The predicted octanol–water partition coefficient (Wildman–Crippen LogP) is 0.878. The van der Waals surface area contributed by atoms with Crippen molar-refractivity contribution in [2.24, 2.45) is 5.73 Å². The monoisotopic (exact) mass is 243 g/mol. The Kier molecular flexibility index (Phi) is 5.24. The van der Waals surface area contributed by atoms with E-state index in [4.69, 9.17) is 22.2 Å². The Morgan fingerprint density at radius 1 is 1.50 bits per heavy atom. The van der Waals surface area contributed by atoms with Gasteiger partial charge in [0.2, 0.25) is 5.91 Å². The third-order valence-electron chi connectivity index (χ3n) is 2.10. The van der Waals surface area contributed by atoms with Crippen molar-refractivity contribution in [2.45, 2.75) is 12.5 Å². The number of amides is 1. The normalized spacial score (nSPS) is 10.8. The lowest BCUT2D eigenvalue weighted by Crippen LogP contribution is -2.35. The minimum Gasteiger partial charge on any atom is -0.479 e. The van der Waals surface area contributed by atoms with Gasteiger partial charge in [0.25, 0.3) is 0 Å². The highest BCUT2D eigenvalue weighted by molar-refractivity contribution is 5.94. The van der Waals surface area contributed by atoms with Crippen LogP contribution in [0.3, 0.4) is 0 Å². The lowest BCUT2D eigenvalue weighted by atomic mass is 10.2. The highest BCUT2D eigenvalue weighted by Gasteiger charge is 2.11. The van der Waals surface area contributed by atoms with E-state index in [0.29, 0.717) is 11.4 Å². The number of hydrogen-bond donors (Lipinski definition) is 2. The Labute approximate surface area is 106 Å². The first-order valence-electron chi connectivity index (χ1n) is 5.27. The second-order valence-electron chi connectivity index (χ2n) is 3.48. The third-order valence-corrected chi connectivity index (χ3v) is 2.10. The Bertz CT molecular complexity index is 482. The minimum atomic E-state index is -0.718. The standard InChI is InChI=1S/C13H13N3O2/c1-2-3-12(15)13(17)16-10-4-6-11(7-5-10)18-9-8-14/h1,4-7,12H,3,9,15H2,(H,16,17). The minimum absolute atomic E-state index is 0.0151. The van der Waals surface area contributed by atoms with Gasteiger partial charge in [-0.1, -0.05) is 0 Å². The fourth-order valence-corrected chi connectivity index (χ4v) is 1.20. The Balaban J connectivity index is 2.56. The first kappa shape index (κ1) is 13.6. The number of hydrogen-bond acceptors (Lipinski definition) is 4. The van der Waals surface area contributed by atoms with Gasteiger partial charge in [0.1, 0.15) is 11.8 Å². The first-order chi connectivity index (χ1) is 8.67. The van der Waals surface area contributed by atoms with Gasteiger partial charge in [0.05, 0.1) is 6.04 Å². The van der Waals surface area contributed by atoms with Crippen LogP contribution >= 0.6 is 0 Å². The highest BCUT2D eigenvalue weighted by atomic mass is 16.5. The van der Waals surface area contributed by atoms with Crippen LogP contribution in [-0.4, -0.2) is 18.6 Å². The van der Waals surface area contributed by atoms with Crippen molar-refractivity contribution < 1.29 is 9.53 Å². The number of nitriles is 1. The van der Waals surface area contributed by atoms with Crippen molar-refractivity contribution in [3.63, 3.8) is 0 Å². The molecule has 0 saturated heterocycles. The van der Waals surface area contributed by atoms with Crippen LogP contribution < -0.4 is 15.8 Å². The quantitative estimate of drug-likeness (QED) is 0.751.